The third-order valence-corrected chi connectivity index (χ3v) is 5.49. The van der Waals surface area contributed by atoms with Gasteiger partial charge in [0.05, 0.1) is 12.7 Å². The number of carbonyl (C=O) groups excluding carboxylic acids is 2. The first-order valence-corrected chi connectivity index (χ1v) is 10.3. The van der Waals surface area contributed by atoms with Gasteiger partial charge in [-0.3, -0.25) is 14.3 Å². The molecular weight excluding hydrogens is 392 g/mol. The Hall–Kier alpha value is -3.61. The van der Waals surface area contributed by atoms with Crippen molar-refractivity contribution in [2.45, 2.75) is 33.4 Å². The van der Waals surface area contributed by atoms with Gasteiger partial charge in [0.1, 0.15) is 18.4 Å². The highest BCUT2D eigenvalue weighted by molar-refractivity contribution is 5.98. The van der Waals surface area contributed by atoms with Crippen LogP contribution in [0.4, 0.5) is 5.69 Å². The van der Waals surface area contributed by atoms with Crippen molar-refractivity contribution < 1.29 is 14.3 Å². The second-order valence-corrected chi connectivity index (χ2v) is 7.88. The Bertz CT molecular complexity index is 1120. The number of nitrogens with one attached hydrogen (secondary N) is 1. The number of fused-ring (bicyclic) bond motifs is 1. The van der Waals surface area contributed by atoms with Gasteiger partial charge in [-0.05, 0) is 50.1 Å². The van der Waals surface area contributed by atoms with Crippen molar-refractivity contribution in [3.63, 3.8) is 0 Å². The van der Waals surface area contributed by atoms with Crippen LogP contribution >= 0.6 is 0 Å². The summed E-state index contributed by atoms with van der Waals surface area (Å²) < 4.78 is 7.40. The van der Waals surface area contributed by atoms with Gasteiger partial charge < -0.3 is 15.0 Å². The number of rotatable bonds is 4. The number of benzene rings is 2. The maximum Gasteiger partial charge on any atom is 0.254 e. The summed E-state index contributed by atoms with van der Waals surface area (Å²) in [4.78, 5) is 27.7. The molecule has 7 nitrogen and oxygen atoms in total. The van der Waals surface area contributed by atoms with E-state index in [0.29, 0.717) is 30.9 Å². The highest BCUT2D eigenvalue weighted by atomic mass is 16.5. The summed E-state index contributed by atoms with van der Waals surface area (Å²) in [5.41, 5.74) is 4.02. The topological polar surface area (TPSA) is 76.5 Å². The molecule has 1 N–H and O–H groups in total. The van der Waals surface area contributed by atoms with E-state index in [1.54, 1.807) is 34.8 Å². The molecule has 0 radical (unpaired) electrons. The summed E-state index contributed by atoms with van der Waals surface area (Å²) in [6, 6.07) is 12.7. The van der Waals surface area contributed by atoms with Crippen LogP contribution in [0.2, 0.25) is 0 Å². The molecule has 3 aromatic rings. The Kier molecular flexibility index (Phi) is 5.75. The lowest BCUT2D eigenvalue weighted by atomic mass is 10.1. The van der Waals surface area contributed by atoms with Crippen molar-refractivity contribution >= 4 is 17.5 Å². The summed E-state index contributed by atoms with van der Waals surface area (Å²) in [5, 5.41) is 7.17. The zero-order valence-corrected chi connectivity index (χ0v) is 18.0. The minimum Gasteiger partial charge on any atom is -0.491 e. The molecule has 1 aromatic heterocycles. The molecule has 160 valence electrons. The number of amides is 2. The fourth-order valence-corrected chi connectivity index (χ4v) is 3.57. The normalized spacial score (nSPS) is 14.2. The summed E-state index contributed by atoms with van der Waals surface area (Å²) in [7, 11) is 0. The predicted octanol–water partition coefficient (Wildman–Crippen LogP) is 3.73. The van der Waals surface area contributed by atoms with Gasteiger partial charge in [-0.15, -0.1) is 0 Å². The summed E-state index contributed by atoms with van der Waals surface area (Å²) >= 11 is 0. The Morgan fingerprint density at radius 3 is 2.74 bits per heavy atom. The molecule has 1 atom stereocenters. The lowest BCUT2D eigenvalue weighted by molar-refractivity contribution is -0.119. The Morgan fingerprint density at radius 1 is 1.16 bits per heavy atom. The van der Waals surface area contributed by atoms with Crippen LogP contribution in [0.5, 0.6) is 5.75 Å². The van der Waals surface area contributed by atoms with Gasteiger partial charge in [-0.25, -0.2) is 0 Å². The van der Waals surface area contributed by atoms with E-state index in [1.807, 2.05) is 50.4 Å². The third-order valence-electron chi connectivity index (χ3n) is 5.49. The Morgan fingerprint density at radius 2 is 1.97 bits per heavy atom. The number of aryl methyl sites for hydroxylation is 2. The molecule has 1 aliphatic rings. The van der Waals surface area contributed by atoms with Gasteiger partial charge in [-0.1, -0.05) is 24.3 Å². The van der Waals surface area contributed by atoms with Crippen LogP contribution in [-0.4, -0.2) is 39.6 Å². The Balaban J connectivity index is 1.52. The number of hydrogen-bond acceptors (Lipinski definition) is 4. The fraction of sp³-hybridized carbons (Fsp3) is 0.292. The first kappa shape index (κ1) is 20.7. The van der Waals surface area contributed by atoms with Crippen molar-refractivity contribution in [1.82, 2.24) is 14.7 Å². The van der Waals surface area contributed by atoms with Crippen LogP contribution in [0.3, 0.4) is 0 Å². The van der Waals surface area contributed by atoms with Crippen LogP contribution in [0.25, 0.3) is 0 Å². The van der Waals surface area contributed by atoms with Gasteiger partial charge in [0.25, 0.3) is 5.91 Å². The number of para-hydroxylation sites is 1. The van der Waals surface area contributed by atoms with Crippen LogP contribution in [-0.2, 0) is 11.3 Å². The molecule has 7 heteroatoms. The second-order valence-electron chi connectivity index (χ2n) is 7.88. The molecule has 0 aliphatic carbocycles. The summed E-state index contributed by atoms with van der Waals surface area (Å²) in [5.74, 6) is 0.539. The maximum atomic E-state index is 13.2. The zero-order chi connectivity index (χ0) is 22.0. The molecule has 2 heterocycles. The predicted molar refractivity (Wildman–Crippen MR) is 118 cm³/mol. The SMILES string of the molecule is Cc1cnn(C(C)C(=O)Nc2cc(C(=O)N3CCOc4ccccc4C3)ccc2C)c1. The quantitative estimate of drug-likeness (QED) is 0.700. The van der Waals surface area contributed by atoms with Crippen molar-refractivity contribution in [3.05, 3.63) is 77.1 Å². The van der Waals surface area contributed by atoms with E-state index in [2.05, 4.69) is 10.4 Å². The number of hydrogen-bond donors (Lipinski definition) is 1. The van der Waals surface area contributed by atoms with E-state index in [1.165, 1.54) is 0 Å². The van der Waals surface area contributed by atoms with Crippen LogP contribution < -0.4 is 10.1 Å². The molecule has 0 saturated heterocycles. The van der Waals surface area contributed by atoms with Crippen LogP contribution in [0.15, 0.2) is 54.9 Å². The second kappa shape index (κ2) is 8.63. The zero-order valence-electron chi connectivity index (χ0n) is 18.0. The molecule has 2 aromatic carbocycles. The largest absolute Gasteiger partial charge is 0.491 e. The molecule has 2 amide bonds. The summed E-state index contributed by atoms with van der Waals surface area (Å²) in [6.07, 6.45) is 3.55. The van der Waals surface area contributed by atoms with E-state index in [4.69, 9.17) is 4.74 Å². The molecular formula is C24H26N4O3. The number of anilines is 1. The van der Waals surface area contributed by atoms with Crippen molar-refractivity contribution in [1.29, 1.82) is 0 Å². The maximum absolute atomic E-state index is 13.2. The van der Waals surface area contributed by atoms with E-state index in [0.717, 1.165) is 22.4 Å². The van der Waals surface area contributed by atoms with Gasteiger partial charge >= 0.3 is 0 Å². The van der Waals surface area contributed by atoms with E-state index in [9.17, 15) is 9.59 Å². The van der Waals surface area contributed by atoms with Crippen LogP contribution in [0, 0.1) is 13.8 Å². The number of ether oxygens (including phenoxy) is 1. The fourth-order valence-electron chi connectivity index (χ4n) is 3.57. The molecule has 0 saturated carbocycles. The monoisotopic (exact) mass is 418 g/mol. The molecule has 1 aliphatic heterocycles. The lowest BCUT2D eigenvalue weighted by Gasteiger charge is -2.21. The molecule has 0 bridgehead atoms. The molecule has 1 unspecified atom stereocenters. The third kappa shape index (κ3) is 4.45. The van der Waals surface area contributed by atoms with E-state index < -0.39 is 6.04 Å². The molecule has 31 heavy (non-hydrogen) atoms. The lowest BCUT2D eigenvalue weighted by Crippen LogP contribution is -2.32. The average molecular weight is 418 g/mol. The minimum atomic E-state index is -0.466. The highest BCUT2D eigenvalue weighted by Crippen LogP contribution is 2.25. The van der Waals surface area contributed by atoms with E-state index >= 15 is 0 Å². The highest BCUT2D eigenvalue weighted by Gasteiger charge is 2.22. The molecule has 0 spiro atoms. The van der Waals surface area contributed by atoms with Crippen molar-refractivity contribution in [3.8, 4) is 5.75 Å². The summed E-state index contributed by atoms with van der Waals surface area (Å²) in [6.45, 7) is 7.06. The average Bonchev–Trinajstić information content (AvgIpc) is 3.08. The first-order chi connectivity index (χ1) is 14.9. The van der Waals surface area contributed by atoms with Gasteiger partial charge in [0.2, 0.25) is 5.91 Å². The number of aromatic nitrogens is 2. The standard InChI is InChI=1S/C24H26N4O3/c1-16-13-25-28(14-16)18(3)23(29)26-21-12-19(9-8-17(21)2)24(30)27-10-11-31-22-7-5-4-6-20(22)15-27/h4-9,12-14,18H,10-11,15H2,1-3H3,(H,26,29). The number of carbonyl (C=O) groups is 2. The molecule has 4 rings (SSSR count). The van der Waals surface area contributed by atoms with Gasteiger partial charge in [0.15, 0.2) is 0 Å². The van der Waals surface area contributed by atoms with Gasteiger partial charge in [0, 0.05) is 29.6 Å². The van der Waals surface area contributed by atoms with Gasteiger partial charge in [-0.2, -0.15) is 5.10 Å². The Labute approximate surface area is 181 Å². The van der Waals surface area contributed by atoms with Crippen molar-refractivity contribution in [2.75, 3.05) is 18.5 Å². The van der Waals surface area contributed by atoms with Crippen LogP contribution in [0.1, 0.15) is 40.0 Å². The van der Waals surface area contributed by atoms with Crippen molar-refractivity contribution in [2.24, 2.45) is 0 Å². The number of nitrogens with zero attached hydrogens (tertiary/aromatic N) is 3. The van der Waals surface area contributed by atoms with E-state index in [-0.39, 0.29) is 11.8 Å². The minimum absolute atomic E-state index is 0.0912. The smallest absolute Gasteiger partial charge is 0.254 e. The first-order valence-electron chi connectivity index (χ1n) is 10.3. The molecule has 0 fully saturated rings.